The molecule has 0 aromatic carbocycles. The van der Waals surface area contributed by atoms with E-state index < -0.39 is 0 Å². The van der Waals surface area contributed by atoms with Gasteiger partial charge in [0.25, 0.3) is 0 Å². The van der Waals surface area contributed by atoms with Crippen molar-refractivity contribution in [2.75, 3.05) is 0 Å². The Morgan fingerprint density at radius 1 is 1.46 bits per heavy atom. The minimum Gasteiger partial charge on any atom is -0.345 e. The summed E-state index contributed by atoms with van der Waals surface area (Å²) >= 11 is 4.36. The fourth-order valence-corrected chi connectivity index (χ4v) is 1.98. The standard InChI is InChI=1S/C9H14N2OS/c13-9(11-6-5-10-7-11)12-8-3-1-2-4-8/h5-9,13H,1-4H2. The molecule has 0 aliphatic heterocycles. The largest absolute Gasteiger partial charge is 0.345 e. The lowest BCUT2D eigenvalue weighted by molar-refractivity contribution is 0.00571. The van der Waals surface area contributed by atoms with E-state index in [0.717, 1.165) is 0 Å². The first kappa shape index (κ1) is 9.09. The van der Waals surface area contributed by atoms with Crippen molar-refractivity contribution in [1.29, 1.82) is 0 Å². The SMILES string of the molecule is SC(OC1CCCC1)n1ccnc1. The smallest absolute Gasteiger partial charge is 0.180 e. The van der Waals surface area contributed by atoms with Gasteiger partial charge in [0.15, 0.2) is 5.56 Å². The van der Waals surface area contributed by atoms with E-state index in [1.54, 1.807) is 12.5 Å². The van der Waals surface area contributed by atoms with E-state index in [1.165, 1.54) is 25.7 Å². The van der Waals surface area contributed by atoms with Crippen LogP contribution in [0.2, 0.25) is 0 Å². The van der Waals surface area contributed by atoms with Crippen LogP contribution < -0.4 is 0 Å². The Bertz CT molecular complexity index is 244. The van der Waals surface area contributed by atoms with Crippen LogP contribution in [-0.4, -0.2) is 15.7 Å². The number of ether oxygens (including phenoxy) is 1. The molecular formula is C9H14N2OS. The molecule has 1 unspecified atom stereocenters. The molecule has 1 atom stereocenters. The summed E-state index contributed by atoms with van der Waals surface area (Å²) in [4.78, 5) is 3.95. The highest BCUT2D eigenvalue weighted by Gasteiger charge is 2.18. The Balaban J connectivity index is 1.87. The van der Waals surface area contributed by atoms with Crippen LogP contribution in [0.25, 0.3) is 0 Å². The summed E-state index contributed by atoms with van der Waals surface area (Å²) in [5, 5.41) is 0. The maximum Gasteiger partial charge on any atom is 0.180 e. The lowest BCUT2D eigenvalue weighted by atomic mass is 10.3. The summed E-state index contributed by atoms with van der Waals surface area (Å²) < 4.78 is 7.61. The second-order valence-electron chi connectivity index (χ2n) is 3.38. The number of nitrogens with zero attached hydrogens (tertiary/aromatic N) is 2. The summed E-state index contributed by atoms with van der Waals surface area (Å²) in [6.07, 6.45) is 10.6. The van der Waals surface area contributed by atoms with Gasteiger partial charge in [0, 0.05) is 12.4 Å². The maximum absolute atomic E-state index is 5.74. The molecule has 0 spiro atoms. The van der Waals surface area contributed by atoms with Gasteiger partial charge < -0.3 is 9.30 Å². The predicted molar refractivity (Wildman–Crippen MR) is 53.6 cm³/mol. The average molecular weight is 198 g/mol. The van der Waals surface area contributed by atoms with Gasteiger partial charge in [-0.2, -0.15) is 0 Å². The molecule has 1 aromatic rings. The lowest BCUT2D eigenvalue weighted by Crippen LogP contribution is -2.13. The normalized spacial score (nSPS) is 20.7. The van der Waals surface area contributed by atoms with E-state index in [2.05, 4.69) is 17.6 Å². The second-order valence-corrected chi connectivity index (χ2v) is 3.82. The third-order valence-corrected chi connectivity index (χ3v) is 2.78. The predicted octanol–water partition coefficient (Wildman–Crippen LogP) is 2.23. The van der Waals surface area contributed by atoms with Crippen molar-refractivity contribution < 1.29 is 4.74 Å². The molecule has 2 rings (SSSR count). The zero-order valence-electron chi connectivity index (χ0n) is 7.47. The van der Waals surface area contributed by atoms with Crippen LogP contribution in [0.1, 0.15) is 31.2 Å². The minimum atomic E-state index is -0.175. The van der Waals surface area contributed by atoms with Gasteiger partial charge in [0.1, 0.15) is 0 Å². The first-order valence-corrected chi connectivity index (χ1v) is 5.19. The van der Waals surface area contributed by atoms with E-state index >= 15 is 0 Å². The molecule has 1 heterocycles. The van der Waals surface area contributed by atoms with Gasteiger partial charge in [0.2, 0.25) is 0 Å². The van der Waals surface area contributed by atoms with Crippen LogP contribution in [0.15, 0.2) is 18.7 Å². The van der Waals surface area contributed by atoms with Crippen LogP contribution in [0.4, 0.5) is 0 Å². The first-order chi connectivity index (χ1) is 6.36. The third kappa shape index (κ3) is 2.25. The van der Waals surface area contributed by atoms with Crippen molar-refractivity contribution in [3.8, 4) is 0 Å². The molecule has 1 fully saturated rings. The molecule has 0 N–H and O–H groups in total. The van der Waals surface area contributed by atoms with Gasteiger partial charge in [-0.15, -0.1) is 12.6 Å². The monoisotopic (exact) mass is 198 g/mol. The van der Waals surface area contributed by atoms with Crippen LogP contribution in [-0.2, 0) is 4.74 Å². The van der Waals surface area contributed by atoms with Crippen LogP contribution in [0.5, 0.6) is 0 Å². The summed E-state index contributed by atoms with van der Waals surface area (Å²) in [5.41, 5.74) is -0.175. The average Bonchev–Trinajstić information content (AvgIpc) is 2.74. The molecule has 0 bridgehead atoms. The Kier molecular flexibility index (Phi) is 2.90. The van der Waals surface area contributed by atoms with Crippen molar-refractivity contribution in [3.05, 3.63) is 18.7 Å². The van der Waals surface area contributed by atoms with E-state index in [4.69, 9.17) is 4.74 Å². The van der Waals surface area contributed by atoms with Crippen molar-refractivity contribution in [3.63, 3.8) is 0 Å². The maximum atomic E-state index is 5.74. The molecule has 0 saturated heterocycles. The fourth-order valence-electron chi connectivity index (χ4n) is 1.67. The Labute approximate surface area is 83.5 Å². The highest BCUT2D eigenvalue weighted by Crippen LogP contribution is 2.26. The van der Waals surface area contributed by atoms with Crippen molar-refractivity contribution in [1.82, 2.24) is 9.55 Å². The second kappa shape index (κ2) is 4.15. The topological polar surface area (TPSA) is 27.1 Å². The first-order valence-electron chi connectivity index (χ1n) is 4.67. The van der Waals surface area contributed by atoms with Crippen LogP contribution in [0.3, 0.4) is 0 Å². The van der Waals surface area contributed by atoms with E-state index in [0.29, 0.717) is 6.10 Å². The Morgan fingerprint density at radius 2 is 2.23 bits per heavy atom. The van der Waals surface area contributed by atoms with E-state index in [-0.39, 0.29) is 5.56 Å². The summed E-state index contributed by atoms with van der Waals surface area (Å²) in [5.74, 6) is 0. The quantitative estimate of drug-likeness (QED) is 0.595. The zero-order chi connectivity index (χ0) is 9.10. The Morgan fingerprint density at radius 3 is 2.85 bits per heavy atom. The fraction of sp³-hybridized carbons (Fsp3) is 0.667. The number of hydrogen-bond donors (Lipinski definition) is 1. The lowest BCUT2D eigenvalue weighted by Gasteiger charge is -2.18. The minimum absolute atomic E-state index is 0.175. The molecule has 1 aliphatic carbocycles. The third-order valence-electron chi connectivity index (χ3n) is 2.40. The number of thiol groups is 1. The van der Waals surface area contributed by atoms with Crippen molar-refractivity contribution >= 4 is 12.6 Å². The van der Waals surface area contributed by atoms with Crippen molar-refractivity contribution in [2.24, 2.45) is 0 Å². The molecule has 13 heavy (non-hydrogen) atoms. The van der Waals surface area contributed by atoms with Gasteiger partial charge in [-0.1, -0.05) is 12.8 Å². The van der Waals surface area contributed by atoms with Gasteiger partial charge in [-0.05, 0) is 12.8 Å². The molecule has 0 radical (unpaired) electrons. The van der Waals surface area contributed by atoms with E-state index in [9.17, 15) is 0 Å². The van der Waals surface area contributed by atoms with Crippen molar-refractivity contribution in [2.45, 2.75) is 37.3 Å². The summed E-state index contributed by atoms with van der Waals surface area (Å²) in [6, 6.07) is 0. The molecule has 3 nitrogen and oxygen atoms in total. The van der Waals surface area contributed by atoms with Gasteiger partial charge in [-0.25, -0.2) is 4.98 Å². The zero-order valence-corrected chi connectivity index (χ0v) is 8.36. The van der Waals surface area contributed by atoms with Gasteiger partial charge in [0.05, 0.1) is 12.4 Å². The molecule has 4 heteroatoms. The molecule has 72 valence electrons. The summed E-state index contributed by atoms with van der Waals surface area (Å²) in [6.45, 7) is 0. The van der Waals surface area contributed by atoms with Gasteiger partial charge >= 0.3 is 0 Å². The number of hydrogen-bond acceptors (Lipinski definition) is 3. The molecule has 1 saturated carbocycles. The van der Waals surface area contributed by atoms with Crippen LogP contribution in [0, 0.1) is 0 Å². The summed E-state index contributed by atoms with van der Waals surface area (Å²) in [7, 11) is 0. The highest BCUT2D eigenvalue weighted by molar-refractivity contribution is 7.80. The molecule has 1 aliphatic rings. The number of aromatic nitrogens is 2. The number of rotatable bonds is 3. The molecule has 1 aromatic heterocycles. The van der Waals surface area contributed by atoms with E-state index in [1.807, 2.05) is 10.8 Å². The van der Waals surface area contributed by atoms with Crippen LogP contribution >= 0.6 is 12.6 Å². The Hall–Kier alpha value is -0.480. The molecular weight excluding hydrogens is 184 g/mol. The number of imidazole rings is 1. The molecule has 0 amide bonds. The van der Waals surface area contributed by atoms with Gasteiger partial charge in [-0.3, -0.25) is 0 Å². The highest BCUT2D eigenvalue weighted by atomic mass is 32.1.